The van der Waals surface area contributed by atoms with E-state index in [0.717, 1.165) is 5.52 Å². The molecule has 1 N–H and O–H groups in total. The second-order valence-corrected chi connectivity index (χ2v) is 9.74. The van der Waals surface area contributed by atoms with Crippen LogP contribution >= 0.6 is 0 Å². The molecular formula is C25H24N2O5S. The quantitative estimate of drug-likeness (QED) is 0.380. The molecule has 1 unspecified atom stereocenters. The van der Waals surface area contributed by atoms with Gasteiger partial charge < -0.3 is 14.4 Å². The Hall–Kier alpha value is -3.49. The molecule has 1 atom stereocenters. The highest BCUT2D eigenvalue weighted by atomic mass is 32.2. The first-order valence-electron chi connectivity index (χ1n) is 10.5. The fourth-order valence-corrected chi connectivity index (χ4v) is 4.88. The second-order valence-electron chi connectivity index (χ2n) is 7.75. The van der Waals surface area contributed by atoms with Crippen LogP contribution in [0.2, 0.25) is 0 Å². The highest BCUT2D eigenvalue weighted by Crippen LogP contribution is 2.22. The van der Waals surface area contributed by atoms with Crippen LogP contribution in [-0.4, -0.2) is 41.6 Å². The molecule has 1 aromatic heterocycles. The summed E-state index contributed by atoms with van der Waals surface area (Å²) in [7, 11) is -3.62. The SMILES string of the molecule is CC(=O)c1cccc(OCC(O)Cn2c(CS(=O)(=O)c3ccccc3)nc3ccccc32)c1. The number of nitrogens with zero attached hydrogens (tertiary/aromatic N) is 2. The van der Waals surface area contributed by atoms with Crippen molar-refractivity contribution in [2.45, 2.75) is 30.2 Å². The average Bonchev–Trinajstić information content (AvgIpc) is 3.14. The van der Waals surface area contributed by atoms with Gasteiger partial charge in [0.25, 0.3) is 0 Å². The Balaban J connectivity index is 1.55. The number of fused-ring (bicyclic) bond motifs is 1. The van der Waals surface area contributed by atoms with E-state index in [1.165, 1.54) is 6.92 Å². The Kier molecular flexibility index (Phi) is 6.57. The summed E-state index contributed by atoms with van der Waals surface area (Å²) in [6.45, 7) is 1.55. The number of imidazole rings is 1. The van der Waals surface area contributed by atoms with E-state index in [9.17, 15) is 18.3 Å². The number of ketones is 1. The van der Waals surface area contributed by atoms with Crippen molar-refractivity contribution in [2.75, 3.05) is 6.61 Å². The maximum absolute atomic E-state index is 12.9. The maximum atomic E-state index is 12.9. The number of carbonyl (C=O) groups excluding carboxylic acids is 1. The number of hydrogen-bond acceptors (Lipinski definition) is 6. The van der Waals surface area contributed by atoms with E-state index in [-0.39, 0.29) is 29.6 Å². The van der Waals surface area contributed by atoms with Gasteiger partial charge in [-0.25, -0.2) is 13.4 Å². The van der Waals surface area contributed by atoms with Gasteiger partial charge in [-0.15, -0.1) is 0 Å². The van der Waals surface area contributed by atoms with Gasteiger partial charge in [-0.1, -0.05) is 42.5 Å². The van der Waals surface area contributed by atoms with Crippen LogP contribution in [0.1, 0.15) is 23.1 Å². The largest absolute Gasteiger partial charge is 0.491 e. The van der Waals surface area contributed by atoms with E-state index in [0.29, 0.717) is 22.7 Å². The highest BCUT2D eigenvalue weighted by Gasteiger charge is 2.22. The predicted octanol–water partition coefficient (Wildman–Crippen LogP) is 3.65. The van der Waals surface area contributed by atoms with Crippen molar-refractivity contribution in [1.82, 2.24) is 9.55 Å². The first kappa shape index (κ1) is 22.7. The van der Waals surface area contributed by atoms with Gasteiger partial charge in [-0.05, 0) is 43.3 Å². The van der Waals surface area contributed by atoms with E-state index >= 15 is 0 Å². The third kappa shape index (κ3) is 5.30. The van der Waals surface area contributed by atoms with E-state index in [4.69, 9.17) is 4.74 Å². The van der Waals surface area contributed by atoms with E-state index < -0.39 is 15.9 Å². The van der Waals surface area contributed by atoms with Gasteiger partial charge in [-0.2, -0.15) is 0 Å². The van der Waals surface area contributed by atoms with Gasteiger partial charge in [0.1, 0.15) is 30.0 Å². The molecule has 4 rings (SSSR count). The highest BCUT2D eigenvalue weighted by molar-refractivity contribution is 7.90. The molecule has 33 heavy (non-hydrogen) atoms. The molecule has 170 valence electrons. The number of aliphatic hydroxyl groups is 1. The molecule has 3 aromatic carbocycles. The van der Waals surface area contributed by atoms with Crippen LogP contribution in [-0.2, 0) is 22.1 Å². The van der Waals surface area contributed by atoms with Crippen LogP contribution < -0.4 is 4.74 Å². The molecule has 1 heterocycles. The number of hydrogen-bond donors (Lipinski definition) is 1. The summed E-state index contributed by atoms with van der Waals surface area (Å²) in [6, 6.07) is 22.3. The lowest BCUT2D eigenvalue weighted by Crippen LogP contribution is -2.25. The van der Waals surface area contributed by atoms with Crippen molar-refractivity contribution >= 4 is 26.7 Å². The fourth-order valence-electron chi connectivity index (χ4n) is 3.58. The van der Waals surface area contributed by atoms with E-state index in [1.54, 1.807) is 65.2 Å². The average molecular weight is 465 g/mol. The normalized spacial score (nSPS) is 12.5. The van der Waals surface area contributed by atoms with Crippen LogP contribution in [0.5, 0.6) is 5.75 Å². The minimum atomic E-state index is -3.62. The first-order chi connectivity index (χ1) is 15.8. The Morgan fingerprint density at radius 1 is 1.03 bits per heavy atom. The van der Waals surface area contributed by atoms with Crippen molar-refractivity contribution in [3.8, 4) is 5.75 Å². The topological polar surface area (TPSA) is 98.5 Å². The minimum absolute atomic E-state index is 0.0290. The lowest BCUT2D eigenvalue weighted by atomic mass is 10.1. The fraction of sp³-hybridized carbons (Fsp3) is 0.200. The summed E-state index contributed by atoms with van der Waals surface area (Å²) in [5, 5.41) is 10.7. The predicted molar refractivity (Wildman–Crippen MR) is 125 cm³/mol. The van der Waals surface area contributed by atoms with Crippen molar-refractivity contribution in [3.63, 3.8) is 0 Å². The van der Waals surface area contributed by atoms with Gasteiger partial charge in [0.2, 0.25) is 0 Å². The molecule has 0 saturated heterocycles. The summed E-state index contributed by atoms with van der Waals surface area (Å²) in [5.74, 6) is 0.455. The Labute approximate surface area is 192 Å². The van der Waals surface area contributed by atoms with Gasteiger partial charge in [-0.3, -0.25) is 4.79 Å². The zero-order valence-electron chi connectivity index (χ0n) is 18.1. The summed E-state index contributed by atoms with van der Waals surface area (Å²) in [5.41, 5.74) is 1.91. The van der Waals surface area contributed by atoms with Gasteiger partial charge in [0.15, 0.2) is 15.6 Å². The number of benzene rings is 3. The zero-order chi connectivity index (χ0) is 23.4. The summed E-state index contributed by atoms with van der Waals surface area (Å²) >= 11 is 0. The number of ether oxygens (including phenoxy) is 1. The number of sulfone groups is 1. The van der Waals surface area contributed by atoms with Crippen molar-refractivity contribution < 1.29 is 23.1 Å². The number of aromatic nitrogens is 2. The van der Waals surface area contributed by atoms with Crippen LogP contribution in [0, 0.1) is 0 Å². The standard InChI is InChI=1S/C25H24N2O5S/c1-18(28)19-8-7-9-21(14-19)32-16-20(29)15-27-24-13-6-5-12-23(24)26-25(27)17-33(30,31)22-10-3-2-4-11-22/h2-14,20,29H,15-17H2,1H3. The lowest BCUT2D eigenvalue weighted by molar-refractivity contribution is 0.0927. The van der Waals surface area contributed by atoms with Crippen LogP contribution in [0.15, 0.2) is 83.8 Å². The number of rotatable bonds is 9. The molecule has 0 aliphatic heterocycles. The minimum Gasteiger partial charge on any atom is -0.491 e. The van der Waals surface area contributed by atoms with Gasteiger partial charge in [0.05, 0.1) is 22.5 Å². The number of para-hydroxylation sites is 2. The number of Topliss-reactive ketones (excluding diaryl/α,β-unsaturated/α-hetero) is 1. The van der Waals surface area contributed by atoms with E-state index in [1.807, 2.05) is 18.2 Å². The third-order valence-corrected chi connectivity index (χ3v) is 6.86. The monoisotopic (exact) mass is 464 g/mol. The molecule has 7 nitrogen and oxygen atoms in total. The zero-order valence-corrected chi connectivity index (χ0v) is 18.9. The molecule has 0 radical (unpaired) electrons. The molecule has 4 aromatic rings. The van der Waals surface area contributed by atoms with Crippen molar-refractivity contribution in [2.24, 2.45) is 0 Å². The molecule has 0 aliphatic carbocycles. The number of aliphatic hydroxyl groups excluding tert-OH is 1. The van der Waals surface area contributed by atoms with Crippen molar-refractivity contribution in [1.29, 1.82) is 0 Å². The van der Waals surface area contributed by atoms with Crippen molar-refractivity contribution in [3.05, 3.63) is 90.3 Å². The molecular weight excluding hydrogens is 440 g/mol. The third-order valence-electron chi connectivity index (χ3n) is 5.23. The Morgan fingerprint density at radius 2 is 1.76 bits per heavy atom. The molecule has 8 heteroatoms. The molecule has 0 saturated carbocycles. The summed E-state index contributed by atoms with van der Waals surface area (Å²) in [6.07, 6.45) is -0.929. The summed E-state index contributed by atoms with van der Waals surface area (Å²) in [4.78, 5) is 16.3. The maximum Gasteiger partial charge on any atom is 0.185 e. The second kappa shape index (κ2) is 9.56. The van der Waals surface area contributed by atoms with Gasteiger partial charge in [0, 0.05) is 5.56 Å². The smallest absolute Gasteiger partial charge is 0.185 e. The molecule has 0 aliphatic rings. The van der Waals surface area contributed by atoms with Crippen LogP contribution in [0.4, 0.5) is 0 Å². The van der Waals surface area contributed by atoms with Crippen LogP contribution in [0.3, 0.4) is 0 Å². The number of carbonyl (C=O) groups is 1. The molecule has 0 spiro atoms. The Morgan fingerprint density at radius 3 is 2.52 bits per heavy atom. The Bertz CT molecular complexity index is 1380. The van der Waals surface area contributed by atoms with Gasteiger partial charge >= 0.3 is 0 Å². The first-order valence-corrected chi connectivity index (χ1v) is 12.1. The van der Waals surface area contributed by atoms with Crippen LogP contribution in [0.25, 0.3) is 11.0 Å². The molecule has 0 amide bonds. The lowest BCUT2D eigenvalue weighted by Gasteiger charge is -2.16. The van der Waals surface area contributed by atoms with E-state index in [2.05, 4.69) is 4.98 Å². The molecule has 0 fully saturated rings. The summed E-state index contributed by atoms with van der Waals surface area (Å²) < 4.78 is 33.3. The molecule has 0 bridgehead atoms.